The number of ether oxygens (including phenoxy) is 1. The van der Waals surface area contributed by atoms with Gasteiger partial charge in [-0.25, -0.2) is 14.3 Å². The second kappa shape index (κ2) is 8.66. The van der Waals surface area contributed by atoms with Crippen LogP contribution in [0.1, 0.15) is 38.4 Å². The first kappa shape index (κ1) is 22.2. The predicted molar refractivity (Wildman–Crippen MR) is 128 cm³/mol. The van der Waals surface area contributed by atoms with E-state index in [0.717, 1.165) is 35.5 Å². The third-order valence-electron chi connectivity index (χ3n) is 6.42. The zero-order chi connectivity index (χ0) is 23.2. The largest absolute Gasteiger partial charge is 0.377 e. The Morgan fingerprint density at radius 2 is 1.97 bits per heavy atom. The first-order chi connectivity index (χ1) is 15.9. The maximum atomic E-state index is 13.5. The molecule has 4 heterocycles. The van der Waals surface area contributed by atoms with Crippen molar-refractivity contribution in [3.8, 4) is 11.4 Å². The van der Waals surface area contributed by atoms with E-state index in [1.54, 1.807) is 10.5 Å². The van der Waals surface area contributed by atoms with Crippen molar-refractivity contribution in [1.29, 1.82) is 0 Å². The minimum atomic E-state index is -3.68. The number of anilines is 2. The van der Waals surface area contributed by atoms with Crippen molar-refractivity contribution in [2.24, 2.45) is 0 Å². The molecule has 176 valence electrons. The summed E-state index contributed by atoms with van der Waals surface area (Å²) in [5.41, 5.74) is 2.85. The van der Waals surface area contributed by atoms with Crippen molar-refractivity contribution >= 4 is 27.9 Å². The number of hydrogen-bond acceptors (Lipinski definition) is 7. The van der Waals surface area contributed by atoms with Gasteiger partial charge >= 0.3 is 10.2 Å². The third kappa shape index (κ3) is 4.00. The van der Waals surface area contributed by atoms with Crippen LogP contribution in [0.5, 0.6) is 0 Å². The van der Waals surface area contributed by atoms with E-state index in [1.165, 1.54) is 4.31 Å². The van der Waals surface area contributed by atoms with Gasteiger partial charge in [0, 0.05) is 55.5 Å². The molecule has 3 aliphatic rings. The molecular formula is C23H30N6O3S. The van der Waals surface area contributed by atoms with E-state index in [1.807, 2.05) is 32.1 Å². The lowest BCUT2D eigenvalue weighted by molar-refractivity contribution is 0.0985. The van der Waals surface area contributed by atoms with E-state index in [9.17, 15) is 8.42 Å². The molecule has 2 fully saturated rings. The Bertz CT molecular complexity index is 1180. The van der Waals surface area contributed by atoms with Gasteiger partial charge in [0.25, 0.3) is 0 Å². The van der Waals surface area contributed by atoms with Crippen molar-refractivity contribution in [3.63, 3.8) is 0 Å². The Kier molecular flexibility index (Phi) is 5.84. The molecule has 1 aliphatic carbocycles. The summed E-state index contributed by atoms with van der Waals surface area (Å²) >= 11 is 0. The first-order valence-corrected chi connectivity index (χ1v) is 12.9. The SMILES string of the molecule is CC(C)N1CCCN(c2cc(N3CCOC[C@H]3C)nc(-c3ccnc4c3C=CC4)n2)S1(=O)=O. The molecule has 0 radical (unpaired) electrons. The summed E-state index contributed by atoms with van der Waals surface area (Å²) in [6.45, 7) is 8.71. The maximum Gasteiger partial charge on any atom is 0.305 e. The molecule has 9 nitrogen and oxygen atoms in total. The lowest BCUT2D eigenvalue weighted by Crippen LogP contribution is -2.52. The van der Waals surface area contributed by atoms with Crippen molar-refractivity contribution in [2.45, 2.75) is 45.7 Å². The van der Waals surface area contributed by atoms with Crippen LogP contribution in [0.15, 0.2) is 24.4 Å². The highest BCUT2D eigenvalue weighted by Gasteiger charge is 2.37. The standard InChI is InChI=1S/C23H30N6O3S/c1-16(2)28-10-5-11-29(33(28,30)31)22-14-21(27-12-13-32-15-17(27)3)25-23(26-22)19-8-9-24-20-7-4-6-18(19)20/h4,6,8-9,14,16-17H,5,7,10-13,15H2,1-3H3/t17-/m1/s1. The highest BCUT2D eigenvalue weighted by atomic mass is 32.2. The van der Waals surface area contributed by atoms with Gasteiger partial charge in [-0.2, -0.15) is 12.7 Å². The smallest absolute Gasteiger partial charge is 0.305 e. The number of fused-ring (bicyclic) bond motifs is 1. The van der Waals surface area contributed by atoms with Gasteiger partial charge in [0.1, 0.15) is 11.6 Å². The molecule has 2 aromatic heterocycles. The molecule has 33 heavy (non-hydrogen) atoms. The third-order valence-corrected chi connectivity index (χ3v) is 8.54. The molecule has 10 heteroatoms. The molecule has 0 bridgehead atoms. The molecule has 0 N–H and O–H groups in total. The Labute approximate surface area is 195 Å². The fraction of sp³-hybridized carbons (Fsp3) is 0.522. The zero-order valence-corrected chi connectivity index (χ0v) is 20.1. The summed E-state index contributed by atoms with van der Waals surface area (Å²) in [5.74, 6) is 1.64. The molecule has 5 rings (SSSR count). The van der Waals surface area contributed by atoms with E-state index >= 15 is 0 Å². The zero-order valence-electron chi connectivity index (χ0n) is 19.3. The van der Waals surface area contributed by atoms with Crippen LogP contribution >= 0.6 is 0 Å². The summed E-state index contributed by atoms with van der Waals surface area (Å²) in [4.78, 5) is 16.4. The second-order valence-corrected chi connectivity index (χ2v) is 10.8. The Hall–Kier alpha value is -2.56. The van der Waals surface area contributed by atoms with Crippen molar-refractivity contribution < 1.29 is 13.2 Å². The van der Waals surface area contributed by atoms with Crippen LogP contribution < -0.4 is 9.21 Å². The fourth-order valence-electron chi connectivity index (χ4n) is 4.72. The topological polar surface area (TPSA) is 91.8 Å². The number of hydrogen-bond donors (Lipinski definition) is 0. The van der Waals surface area contributed by atoms with Gasteiger partial charge in [0.15, 0.2) is 5.82 Å². The van der Waals surface area contributed by atoms with Gasteiger partial charge in [-0.3, -0.25) is 4.98 Å². The molecular weight excluding hydrogens is 440 g/mol. The number of pyridine rings is 1. The van der Waals surface area contributed by atoms with Crippen LogP contribution in [-0.2, 0) is 21.4 Å². The molecule has 0 amide bonds. The van der Waals surface area contributed by atoms with Crippen molar-refractivity contribution in [2.75, 3.05) is 42.1 Å². The van der Waals surface area contributed by atoms with E-state index < -0.39 is 10.2 Å². The number of aromatic nitrogens is 3. The molecule has 1 atom stereocenters. The number of nitrogens with zero attached hydrogens (tertiary/aromatic N) is 6. The maximum absolute atomic E-state index is 13.5. The lowest BCUT2D eigenvalue weighted by atomic mass is 10.1. The summed E-state index contributed by atoms with van der Waals surface area (Å²) in [5, 5.41) is 0. The highest BCUT2D eigenvalue weighted by Crippen LogP contribution is 2.33. The second-order valence-electron chi connectivity index (χ2n) is 8.99. The van der Waals surface area contributed by atoms with Gasteiger partial charge in [-0.15, -0.1) is 0 Å². The van der Waals surface area contributed by atoms with Crippen LogP contribution in [-0.4, -0.2) is 72.6 Å². The minimum Gasteiger partial charge on any atom is -0.377 e. The summed E-state index contributed by atoms with van der Waals surface area (Å²) in [6, 6.07) is 3.73. The molecule has 0 unspecified atom stereocenters. The monoisotopic (exact) mass is 470 g/mol. The molecule has 2 aromatic rings. The fourth-order valence-corrected chi connectivity index (χ4v) is 6.55. The van der Waals surface area contributed by atoms with Crippen molar-refractivity contribution in [3.05, 3.63) is 35.7 Å². The van der Waals surface area contributed by atoms with E-state index in [0.29, 0.717) is 44.5 Å². The number of rotatable bonds is 4. The molecule has 2 saturated heterocycles. The molecule has 0 spiro atoms. The Morgan fingerprint density at radius 1 is 1.15 bits per heavy atom. The van der Waals surface area contributed by atoms with Gasteiger partial charge in [-0.05, 0) is 33.3 Å². The van der Waals surface area contributed by atoms with Gasteiger partial charge in [-0.1, -0.05) is 12.2 Å². The lowest BCUT2D eigenvalue weighted by Gasteiger charge is -2.38. The first-order valence-electron chi connectivity index (χ1n) is 11.5. The number of allylic oxidation sites excluding steroid dienone is 1. The van der Waals surface area contributed by atoms with Crippen molar-refractivity contribution in [1.82, 2.24) is 19.3 Å². The average Bonchev–Trinajstić information content (AvgIpc) is 3.27. The average molecular weight is 471 g/mol. The predicted octanol–water partition coefficient (Wildman–Crippen LogP) is 2.50. The molecule has 0 aromatic carbocycles. The van der Waals surface area contributed by atoms with Gasteiger partial charge < -0.3 is 9.64 Å². The van der Waals surface area contributed by atoms with Gasteiger partial charge in [0.05, 0.1) is 24.9 Å². The molecule has 2 aliphatic heterocycles. The van der Waals surface area contributed by atoms with Crippen LogP contribution in [0.25, 0.3) is 17.5 Å². The number of morpholine rings is 1. The Balaban J connectivity index is 1.65. The quantitative estimate of drug-likeness (QED) is 0.678. The van der Waals surface area contributed by atoms with Crippen LogP contribution in [0.2, 0.25) is 0 Å². The normalized spacial score (nSPS) is 22.7. The van der Waals surface area contributed by atoms with Crippen LogP contribution in [0.4, 0.5) is 11.6 Å². The van der Waals surface area contributed by atoms with E-state index in [-0.39, 0.29) is 12.1 Å². The Morgan fingerprint density at radius 3 is 2.76 bits per heavy atom. The summed E-state index contributed by atoms with van der Waals surface area (Å²) < 4.78 is 35.6. The van der Waals surface area contributed by atoms with Gasteiger partial charge in [0.2, 0.25) is 0 Å². The highest BCUT2D eigenvalue weighted by molar-refractivity contribution is 7.90. The molecule has 0 saturated carbocycles. The van der Waals surface area contributed by atoms with Crippen LogP contribution in [0, 0.1) is 0 Å². The van der Waals surface area contributed by atoms with E-state index in [2.05, 4.69) is 22.9 Å². The summed E-state index contributed by atoms with van der Waals surface area (Å²) in [6.07, 6.45) is 7.41. The summed E-state index contributed by atoms with van der Waals surface area (Å²) in [7, 11) is -3.68. The minimum absolute atomic E-state index is 0.119. The van der Waals surface area contributed by atoms with E-state index in [4.69, 9.17) is 14.7 Å². The van der Waals surface area contributed by atoms with Crippen LogP contribution in [0.3, 0.4) is 0 Å².